The topological polar surface area (TPSA) is 35.5 Å². The van der Waals surface area contributed by atoms with Crippen LogP contribution in [0.5, 0.6) is 0 Å². The first-order chi connectivity index (χ1) is 4.31. The van der Waals surface area contributed by atoms with Gasteiger partial charge in [0.15, 0.2) is 0 Å². The maximum Gasteiger partial charge on any atom is 0.508 e. The van der Waals surface area contributed by atoms with E-state index in [2.05, 4.69) is 16.1 Å². The summed E-state index contributed by atoms with van der Waals surface area (Å²) in [6, 6.07) is 0. The Balaban J connectivity index is 0. The fourth-order valence-electron chi connectivity index (χ4n) is 0.286. The van der Waals surface area contributed by atoms with Crippen LogP contribution in [0.25, 0.3) is 0 Å². The molecule has 0 N–H and O–H groups in total. The minimum absolute atomic E-state index is 0. The maximum atomic E-state index is 10.3. The van der Waals surface area contributed by atoms with Crippen LogP contribution in [0.2, 0.25) is 0 Å². The predicted octanol–water partition coefficient (Wildman–Crippen LogP) is 0.965. The number of hydrogen-bond acceptors (Lipinski definition) is 3. The Morgan fingerprint density at radius 1 is 1.60 bits per heavy atom. The number of ether oxygens (including phenoxy) is 2. The van der Waals surface area contributed by atoms with Gasteiger partial charge in [-0.2, -0.15) is 0 Å². The van der Waals surface area contributed by atoms with Crippen LogP contribution in [0.1, 0.15) is 6.92 Å². The molecule has 4 heteroatoms. The molecule has 0 aromatic rings. The van der Waals surface area contributed by atoms with E-state index in [0.29, 0.717) is 6.61 Å². The molecule has 0 rings (SSSR count). The van der Waals surface area contributed by atoms with E-state index in [4.69, 9.17) is 0 Å². The molecule has 0 saturated carbocycles. The molecule has 0 aliphatic carbocycles. The molecule has 0 amide bonds. The first-order valence-corrected chi connectivity index (χ1v) is 2.71. The van der Waals surface area contributed by atoms with Gasteiger partial charge in [-0.15, -0.1) is 0 Å². The monoisotopic (exact) mass is 153 g/mol. The van der Waals surface area contributed by atoms with E-state index >= 15 is 0 Å². The smallest absolute Gasteiger partial charge is 0.435 e. The molecular formula is C6H10NaO3. The first-order valence-electron chi connectivity index (χ1n) is 2.71. The van der Waals surface area contributed by atoms with Crippen LogP contribution in [0.4, 0.5) is 4.79 Å². The zero-order chi connectivity index (χ0) is 7.11. The molecule has 0 unspecified atom stereocenters. The molecule has 0 heterocycles. The summed E-state index contributed by atoms with van der Waals surface area (Å²) in [4.78, 5) is 10.3. The molecule has 1 radical (unpaired) electrons. The van der Waals surface area contributed by atoms with E-state index in [0.717, 1.165) is 0 Å². The largest absolute Gasteiger partial charge is 0.508 e. The average molecular weight is 153 g/mol. The van der Waals surface area contributed by atoms with Gasteiger partial charge in [-0.25, -0.2) is 4.79 Å². The minimum atomic E-state index is -0.641. The summed E-state index contributed by atoms with van der Waals surface area (Å²) >= 11 is 0. The maximum absolute atomic E-state index is 10.3. The summed E-state index contributed by atoms with van der Waals surface area (Å²) in [5, 5.41) is 0. The van der Waals surface area contributed by atoms with Crippen molar-refractivity contribution in [2.24, 2.45) is 0 Å². The van der Waals surface area contributed by atoms with Crippen LogP contribution in [0.15, 0.2) is 12.7 Å². The van der Waals surface area contributed by atoms with Crippen molar-refractivity contribution in [2.75, 3.05) is 13.2 Å². The van der Waals surface area contributed by atoms with Gasteiger partial charge in [-0.05, 0) is 6.92 Å². The molecular weight excluding hydrogens is 143 g/mol. The third-order valence-corrected chi connectivity index (χ3v) is 0.581. The van der Waals surface area contributed by atoms with Crippen molar-refractivity contribution in [1.29, 1.82) is 0 Å². The average Bonchev–Trinajstić information content (AvgIpc) is 1.85. The molecule has 0 spiro atoms. The van der Waals surface area contributed by atoms with Gasteiger partial charge in [0.25, 0.3) is 0 Å². The van der Waals surface area contributed by atoms with Crippen molar-refractivity contribution in [3.63, 3.8) is 0 Å². The summed E-state index contributed by atoms with van der Waals surface area (Å²) in [5.74, 6) is 0. The van der Waals surface area contributed by atoms with Gasteiger partial charge < -0.3 is 9.47 Å². The summed E-state index contributed by atoms with van der Waals surface area (Å²) in [6.45, 7) is 5.63. The van der Waals surface area contributed by atoms with E-state index in [1.54, 1.807) is 6.92 Å². The predicted molar refractivity (Wildman–Crippen MR) is 38.9 cm³/mol. The minimum Gasteiger partial charge on any atom is -0.435 e. The molecule has 0 fully saturated rings. The summed E-state index contributed by atoms with van der Waals surface area (Å²) in [5.41, 5.74) is 0. The van der Waals surface area contributed by atoms with Crippen molar-refractivity contribution in [1.82, 2.24) is 0 Å². The molecule has 0 atom stereocenters. The Bertz CT molecular complexity index is 103. The van der Waals surface area contributed by atoms with Crippen molar-refractivity contribution < 1.29 is 14.3 Å². The van der Waals surface area contributed by atoms with E-state index < -0.39 is 6.16 Å². The van der Waals surface area contributed by atoms with E-state index in [9.17, 15) is 4.79 Å². The van der Waals surface area contributed by atoms with Crippen molar-refractivity contribution in [2.45, 2.75) is 6.92 Å². The number of carbonyl (C=O) groups excluding carboxylic acids is 1. The summed E-state index contributed by atoms with van der Waals surface area (Å²) in [7, 11) is 0. The van der Waals surface area contributed by atoms with Gasteiger partial charge in [0.05, 0.1) is 6.61 Å². The van der Waals surface area contributed by atoms with Gasteiger partial charge in [0.2, 0.25) is 0 Å². The first kappa shape index (κ1) is 12.7. The Morgan fingerprint density at radius 2 is 2.20 bits per heavy atom. The van der Waals surface area contributed by atoms with Gasteiger partial charge in [0.1, 0.15) is 6.61 Å². The van der Waals surface area contributed by atoms with Crippen LogP contribution in [0.3, 0.4) is 0 Å². The Labute approximate surface area is 82.7 Å². The van der Waals surface area contributed by atoms with Crippen LogP contribution in [-0.2, 0) is 9.47 Å². The second-order valence-electron chi connectivity index (χ2n) is 1.28. The summed E-state index contributed by atoms with van der Waals surface area (Å²) < 4.78 is 8.89. The SMILES string of the molecule is C=CCOC(=O)OCC.[Na]. The molecule has 0 aromatic heterocycles. The van der Waals surface area contributed by atoms with Crippen molar-refractivity contribution >= 4 is 35.7 Å². The fourth-order valence-corrected chi connectivity index (χ4v) is 0.286. The Morgan fingerprint density at radius 3 is 2.60 bits per heavy atom. The summed E-state index contributed by atoms with van der Waals surface area (Å²) in [6.07, 6.45) is 0.842. The number of carbonyl (C=O) groups is 1. The Hall–Kier alpha value is 0.0100. The molecule has 10 heavy (non-hydrogen) atoms. The molecule has 0 aromatic carbocycles. The Kier molecular flexibility index (Phi) is 11.4. The normalized spacial score (nSPS) is 7.30. The quantitative estimate of drug-likeness (QED) is 0.344. The van der Waals surface area contributed by atoms with Crippen LogP contribution >= 0.6 is 0 Å². The molecule has 0 bridgehead atoms. The fraction of sp³-hybridized carbons (Fsp3) is 0.500. The van der Waals surface area contributed by atoms with Crippen LogP contribution in [-0.4, -0.2) is 48.9 Å². The van der Waals surface area contributed by atoms with Gasteiger partial charge in [-0.3, -0.25) is 0 Å². The van der Waals surface area contributed by atoms with Gasteiger partial charge in [-0.1, -0.05) is 12.7 Å². The third-order valence-electron chi connectivity index (χ3n) is 0.581. The second-order valence-corrected chi connectivity index (χ2v) is 1.28. The van der Waals surface area contributed by atoms with Crippen molar-refractivity contribution in [3.8, 4) is 0 Å². The molecule has 53 valence electrons. The van der Waals surface area contributed by atoms with Gasteiger partial charge >= 0.3 is 6.16 Å². The van der Waals surface area contributed by atoms with Crippen LogP contribution < -0.4 is 0 Å². The molecule has 0 aliphatic rings. The third kappa shape index (κ3) is 8.01. The molecule has 0 aliphatic heterocycles. The number of hydrogen-bond donors (Lipinski definition) is 0. The zero-order valence-electron chi connectivity index (χ0n) is 6.42. The zero-order valence-corrected chi connectivity index (χ0v) is 8.42. The number of rotatable bonds is 3. The molecule has 0 saturated heterocycles. The van der Waals surface area contributed by atoms with Gasteiger partial charge in [0, 0.05) is 29.6 Å². The molecule has 3 nitrogen and oxygen atoms in total. The standard InChI is InChI=1S/C6H10O3.Na/c1-3-5-9-6(7)8-4-2;/h3H,1,4-5H2,2H3;. The van der Waals surface area contributed by atoms with Crippen molar-refractivity contribution in [3.05, 3.63) is 12.7 Å². The van der Waals surface area contributed by atoms with Crippen LogP contribution in [0, 0.1) is 0 Å². The van der Waals surface area contributed by atoms with E-state index in [1.807, 2.05) is 0 Å². The second kappa shape index (κ2) is 9.01. The van der Waals surface area contributed by atoms with E-state index in [-0.39, 0.29) is 36.2 Å². The van der Waals surface area contributed by atoms with E-state index in [1.165, 1.54) is 6.08 Å².